The van der Waals surface area contributed by atoms with Gasteiger partial charge in [0.25, 0.3) is 5.91 Å². The number of rotatable bonds is 7. The maximum absolute atomic E-state index is 12.5. The molecule has 1 saturated heterocycles. The van der Waals surface area contributed by atoms with Gasteiger partial charge in [0.15, 0.2) is 6.23 Å². The number of benzene rings is 2. The zero-order chi connectivity index (χ0) is 27.1. The first kappa shape index (κ1) is 27.5. The van der Waals surface area contributed by atoms with E-state index in [1.54, 1.807) is 23.1 Å². The molecule has 200 valence electrons. The third-order valence-corrected chi connectivity index (χ3v) is 7.17. The number of para-hydroxylation sites is 1. The molecule has 1 aliphatic rings. The number of halogens is 3. The molecule has 1 unspecified atom stereocenters. The number of unbranched alkanes of at least 4 members (excludes halogenated alkanes) is 1. The molecule has 2 aromatic carbocycles. The molecule has 4 rings (SSSR count). The Bertz CT molecular complexity index is 1290. The summed E-state index contributed by atoms with van der Waals surface area (Å²) in [6, 6.07) is 12.8. The maximum Gasteiger partial charge on any atom is 0.573 e. The van der Waals surface area contributed by atoms with Crippen LogP contribution >= 0.6 is 11.3 Å². The number of likely N-dealkylation sites (tertiary alicyclic amines) is 1. The molecule has 3 aromatic rings. The van der Waals surface area contributed by atoms with Gasteiger partial charge < -0.3 is 20.1 Å². The molecule has 0 spiro atoms. The van der Waals surface area contributed by atoms with Gasteiger partial charge in [0.2, 0.25) is 0 Å². The lowest BCUT2D eigenvalue weighted by molar-refractivity contribution is -0.274. The second kappa shape index (κ2) is 12.3. The molecular weight excluding hydrogens is 515 g/mol. The topological polar surface area (TPSA) is 74.7 Å². The molecule has 6 nitrogen and oxygen atoms in total. The number of aromatic nitrogens is 1. The Morgan fingerprint density at radius 2 is 1.92 bits per heavy atom. The first-order valence-electron chi connectivity index (χ1n) is 12.4. The molecule has 0 aliphatic carbocycles. The molecule has 1 atom stereocenters. The third kappa shape index (κ3) is 7.27. The molecule has 1 aromatic heterocycles. The van der Waals surface area contributed by atoms with Crippen molar-refractivity contribution in [2.75, 3.05) is 18.4 Å². The number of alkyl halides is 3. The van der Waals surface area contributed by atoms with Crippen molar-refractivity contribution in [3.05, 3.63) is 64.6 Å². The number of piperidine rings is 1. The number of amides is 1. The van der Waals surface area contributed by atoms with E-state index in [0.717, 1.165) is 24.3 Å². The largest absolute Gasteiger partial charge is 0.573 e. The smallest absolute Gasteiger partial charge is 0.406 e. The van der Waals surface area contributed by atoms with Crippen LogP contribution in [0.25, 0.3) is 11.1 Å². The molecule has 1 amide bonds. The van der Waals surface area contributed by atoms with Gasteiger partial charge in [-0.1, -0.05) is 43.2 Å². The lowest BCUT2D eigenvalue weighted by Crippen LogP contribution is -2.37. The van der Waals surface area contributed by atoms with Crippen LogP contribution in [0.2, 0.25) is 0 Å². The molecule has 1 fully saturated rings. The summed E-state index contributed by atoms with van der Waals surface area (Å²) in [4.78, 5) is 18.7. The highest BCUT2D eigenvalue weighted by molar-refractivity contribution is 7.09. The molecule has 38 heavy (non-hydrogen) atoms. The van der Waals surface area contributed by atoms with E-state index >= 15 is 0 Å². The van der Waals surface area contributed by atoms with Gasteiger partial charge in [-0.15, -0.1) is 24.5 Å². The van der Waals surface area contributed by atoms with E-state index in [0.29, 0.717) is 42.0 Å². The van der Waals surface area contributed by atoms with E-state index in [1.807, 2.05) is 18.4 Å². The Labute approximate surface area is 223 Å². The number of ether oxygens (including phenoxy) is 1. The zero-order valence-corrected chi connectivity index (χ0v) is 21.6. The number of anilines is 1. The molecule has 0 bridgehead atoms. The predicted molar refractivity (Wildman–Crippen MR) is 140 cm³/mol. The van der Waals surface area contributed by atoms with E-state index in [-0.39, 0.29) is 17.6 Å². The number of aliphatic hydroxyl groups excluding tert-OH is 1. The summed E-state index contributed by atoms with van der Waals surface area (Å²) in [5, 5.41) is 16.7. The Morgan fingerprint density at radius 1 is 1.21 bits per heavy atom. The summed E-state index contributed by atoms with van der Waals surface area (Å²) in [6.07, 6.45) is -2.62. The van der Waals surface area contributed by atoms with Crippen molar-refractivity contribution in [2.45, 2.75) is 51.1 Å². The minimum Gasteiger partial charge on any atom is -0.406 e. The van der Waals surface area contributed by atoms with Crippen LogP contribution in [0.1, 0.15) is 55.5 Å². The fourth-order valence-corrected chi connectivity index (χ4v) is 5.21. The maximum atomic E-state index is 12.5. The SMILES string of the molecule is CCCC#CC(=O)N1CCC(c2nc(C(O)Nc3ccccc3-c3ccc(OC(F)(F)F)cc3)cs2)CC1. The van der Waals surface area contributed by atoms with Crippen molar-refractivity contribution < 1.29 is 27.8 Å². The number of nitrogens with zero attached hydrogens (tertiary/aromatic N) is 2. The van der Waals surface area contributed by atoms with Crippen LogP contribution in [0.4, 0.5) is 18.9 Å². The van der Waals surface area contributed by atoms with Crippen LogP contribution < -0.4 is 10.1 Å². The highest BCUT2D eigenvalue weighted by Gasteiger charge is 2.31. The molecule has 0 saturated carbocycles. The van der Waals surface area contributed by atoms with Crippen molar-refractivity contribution in [3.63, 3.8) is 0 Å². The minimum atomic E-state index is -4.76. The summed E-state index contributed by atoms with van der Waals surface area (Å²) in [7, 11) is 0. The van der Waals surface area contributed by atoms with Gasteiger partial charge in [-0.3, -0.25) is 4.79 Å². The third-order valence-electron chi connectivity index (χ3n) is 6.14. The summed E-state index contributed by atoms with van der Waals surface area (Å²) >= 11 is 1.48. The highest BCUT2D eigenvalue weighted by atomic mass is 32.1. The van der Waals surface area contributed by atoms with Crippen molar-refractivity contribution in [1.82, 2.24) is 9.88 Å². The Kier molecular flexibility index (Phi) is 8.92. The van der Waals surface area contributed by atoms with Gasteiger partial charge in [-0.25, -0.2) is 4.98 Å². The van der Waals surface area contributed by atoms with Crippen molar-refractivity contribution in [1.29, 1.82) is 0 Å². The molecular formula is C28H28F3N3O3S. The van der Waals surface area contributed by atoms with Crippen LogP contribution in [0, 0.1) is 11.8 Å². The molecule has 0 radical (unpaired) electrons. The number of hydrogen-bond acceptors (Lipinski definition) is 6. The minimum absolute atomic E-state index is 0.127. The number of carbonyl (C=O) groups excluding carboxylic acids is 1. The van der Waals surface area contributed by atoms with Crippen molar-refractivity contribution in [2.24, 2.45) is 0 Å². The number of thiazole rings is 1. The summed E-state index contributed by atoms with van der Waals surface area (Å²) in [6.45, 7) is 3.28. The van der Waals surface area contributed by atoms with Gasteiger partial charge in [0, 0.05) is 42.1 Å². The van der Waals surface area contributed by atoms with E-state index < -0.39 is 12.6 Å². The fourth-order valence-electron chi connectivity index (χ4n) is 4.20. The zero-order valence-electron chi connectivity index (χ0n) is 20.8. The molecule has 2 heterocycles. The summed E-state index contributed by atoms with van der Waals surface area (Å²) in [5.41, 5.74) is 2.46. The predicted octanol–water partition coefficient (Wildman–Crippen LogP) is 6.32. The second-order valence-corrected chi connectivity index (χ2v) is 9.78. The second-order valence-electron chi connectivity index (χ2n) is 8.89. The molecule has 2 N–H and O–H groups in total. The number of carbonyl (C=O) groups is 1. The van der Waals surface area contributed by atoms with Crippen LogP contribution in [0.15, 0.2) is 53.9 Å². The van der Waals surface area contributed by atoms with Gasteiger partial charge in [0.1, 0.15) is 11.4 Å². The van der Waals surface area contributed by atoms with Crippen LogP contribution in [-0.2, 0) is 4.79 Å². The van der Waals surface area contributed by atoms with Crippen LogP contribution in [-0.4, -0.2) is 40.3 Å². The van der Waals surface area contributed by atoms with E-state index in [4.69, 9.17) is 0 Å². The standard InChI is InChI=1S/C28H28F3N3O3S/c1-2-3-4-9-25(35)34-16-14-20(15-17-34)27-33-24(18-38-27)26(36)32-23-8-6-5-7-22(23)19-10-12-21(13-11-19)37-28(29,30)31/h5-8,10-13,18,20,26,32,36H,2-3,14-17H2,1H3. The number of hydrogen-bond donors (Lipinski definition) is 2. The Balaban J connectivity index is 1.39. The average molecular weight is 544 g/mol. The fraction of sp³-hybridized carbons (Fsp3) is 0.357. The van der Waals surface area contributed by atoms with E-state index in [2.05, 4.69) is 26.9 Å². The molecule has 10 heteroatoms. The van der Waals surface area contributed by atoms with Crippen LogP contribution in [0.3, 0.4) is 0 Å². The van der Waals surface area contributed by atoms with Gasteiger partial charge >= 0.3 is 6.36 Å². The Morgan fingerprint density at radius 3 is 2.61 bits per heavy atom. The van der Waals surface area contributed by atoms with Gasteiger partial charge in [0.05, 0.1) is 5.01 Å². The van der Waals surface area contributed by atoms with Crippen molar-refractivity contribution in [3.8, 4) is 28.7 Å². The lowest BCUT2D eigenvalue weighted by Gasteiger charge is -2.29. The Hall–Kier alpha value is -3.55. The first-order valence-corrected chi connectivity index (χ1v) is 13.2. The average Bonchev–Trinajstić information content (AvgIpc) is 3.40. The summed E-state index contributed by atoms with van der Waals surface area (Å²) in [5.74, 6) is 5.39. The number of aliphatic hydroxyl groups is 1. The van der Waals surface area contributed by atoms with Gasteiger partial charge in [-0.05, 0) is 48.9 Å². The van der Waals surface area contributed by atoms with Crippen LogP contribution in [0.5, 0.6) is 5.75 Å². The van der Waals surface area contributed by atoms with E-state index in [9.17, 15) is 23.1 Å². The monoisotopic (exact) mass is 543 g/mol. The normalized spacial score (nSPS) is 14.9. The lowest BCUT2D eigenvalue weighted by atomic mass is 9.97. The summed E-state index contributed by atoms with van der Waals surface area (Å²) < 4.78 is 41.4. The highest BCUT2D eigenvalue weighted by Crippen LogP contribution is 2.34. The van der Waals surface area contributed by atoms with E-state index in [1.165, 1.54) is 35.6 Å². The first-order chi connectivity index (χ1) is 18.2. The molecule has 1 aliphatic heterocycles. The quantitative estimate of drug-likeness (QED) is 0.269. The van der Waals surface area contributed by atoms with Crippen molar-refractivity contribution >= 4 is 22.9 Å². The number of nitrogens with one attached hydrogen (secondary N) is 1. The van der Waals surface area contributed by atoms with Gasteiger partial charge in [-0.2, -0.15) is 0 Å².